The maximum Gasteiger partial charge on any atom is 0.237 e. The molecule has 10 heteroatoms. The van der Waals surface area contributed by atoms with Crippen molar-refractivity contribution in [3.05, 3.63) is 118 Å². The molecule has 0 aliphatic carbocycles. The van der Waals surface area contributed by atoms with Crippen molar-refractivity contribution in [2.45, 2.75) is 64.8 Å². The zero-order valence-corrected chi connectivity index (χ0v) is 30.2. The Morgan fingerprint density at radius 1 is 0.939 bits per heavy atom. The normalized spacial score (nSPS) is 14.1. The van der Waals surface area contributed by atoms with Gasteiger partial charge in [-0.25, -0.2) is 0 Å². The highest BCUT2D eigenvalue weighted by Crippen LogP contribution is 2.36. The molecule has 1 aliphatic heterocycles. The maximum atomic E-state index is 13.2. The van der Waals surface area contributed by atoms with E-state index in [9.17, 15) is 10.1 Å². The molecule has 1 saturated heterocycles. The number of nitriles is 1. The second-order valence-corrected chi connectivity index (χ2v) is 12.4. The van der Waals surface area contributed by atoms with E-state index in [1.54, 1.807) is 6.07 Å². The molecule has 260 valence electrons. The number of unbranched alkanes of at least 4 members (excludes halogenated alkanes) is 1. The van der Waals surface area contributed by atoms with Gasteiger partial charge in [0.2, 0.25) is 5.91 Å². The molecule has 1 unspecified atom stereocenters. The Kier molecular flexibility index (Phi) is 16.2. The van der Waals surface area contributed by atoms with E-state index in [0.717, 1.165) is 72.0 Å². The predicted octanol–water partition coefficient (Wildman–Crippen LogP) is 8.40. The first-order valence-electron chi connectivity index (χ1n) is 16.4. The molecule has 4 aromatic carbocycles. The summed E-state index contributed by atoms with van der Waals surface area (Å²) < 4.78 is 12.8. The Bertz CT molecular complexity index is 1700. The Hall–Kier alpha value is -3.77. The second-order valence-electron chi connectivity index (χ2n) is 12.0. The van der Waals surface area contributed by atoms with E-state index in [2.05, 4.69) is 47.5 Å². The highest BCUT2D eigenvalue weighted by atomic mass is 35.5. The molecule has 1 fully saturated rings. The van der Waals surface area contributed by atoms with Crippen LogP contribution in [0.15, 0.2) is 84.9 Å². The third-order valence-corrected chi connectivity index (χ3v) is 8.99. The zero-order valence-electron chi connectivity index (χ0n) is 27.8. The first-order chi connectivity index (χ1) is 23.0. The second kappa shape index (κ2) is 20.0. The van der Waals surface area contributed by atoms with Crippen LogP contribution >= 0.6 is 36.4 Å². The van der Waals surface area contributed by atoms with Crippen molar-refractivity contribution in [2.75, 3.05) is 19.6 Å². The maximum absolute atomic E-state index is 13.2. The number of carbonyl (C=O) groups is 1. The van der Waals surface area contributed by atoms with Gasteiger partial charge in [-0.1, -0.05) is 78.7 Å². The summed E-state index contributed by atoms with van der Waals surface area (Å²) in [6.07, 6.45) is 4.58. The molecular weight excluding hydrogens is 679 g/mol. The highest BCUT2D eigenvalue weighted by Gasteiger charge is 2.29. The smallest absolute Gasteiger partial charge is 0.237 e. The van der Waals surface area contributed by atoms with Crippen molar-refractivity contribution < 1.29 is 14.3 Å². The standard InChI is InChI=1S/C39H43ClN4O3.2ClH/c1-28-32(15-10-16-34(28)31-13-3-2-4-14-31)27-47-38-23-37(46-26-30-12-9-11-29(21-30)24-42)33(22-35(38)40)25-44-20-8-5-17-36(44)39(45)43-19-7-6-18-41;;/h2-4,9-16,21-23,36H,5-8,17-20,25-27,41H2,1H3,(H,43,45);2*1H. The van der Waals surface area contributed by atoms with E-state index < -0.39 is 0 Å². The average Bonchev–Trinajstić information content (AvgIpc) is 3.10. The number of hydrogen-bond acceptors (Lipinski definition) is 6. The summed E-state index contributed by atoms with van der Waals surface area (Å²) in [6.45, 7) is 5.28. The molecule has 0 bridgehead atoms. The number of halogens is 3. The Balaban J connectivity index is 0.00000325. The molecule has 5 rings (SSSR count). The first kappa shape index (κ1) is 39.7. The van der Waals surface area contributed by atoms with Crippen LogP contribution in [-0.2, 0) is 24.6 Å². The number of nitrogens with two attached hydrogens (primary N) is 1. The summed E-state index contributed by atoms with van der Waals surface area (Å²) in [5, 5.41) is 13.0. The lowest BCUT2D eigenvalue weighted by Gasteiger charge is -2.35. The number of hydrogen-bond donors (Lipinski definition) is 2. The monoisotopic (exact) mass is 722 g/mol. The molecule has 1 aliphatic rings. The fourth-order valence-corrected chi connectivity index (χ4v) is 6.30. The highest BCUT2D eigenvalue weighted by molar-refractivity contribution is 6.32. The van der Waals surface area contributed by atoms with Crippen LogP contribution in [0.5, 0.6) is 11.5 Å². The van der Waals surface area contributed by atoms with Gasteiger partial charge in [0.05, 0.1) is 22.7 Å². The summed E-state index contributed by atoms with van der Waals surface area (Å²) >= 11 is 6.88. The predicted molar refractivity (Wildman–Crippen MR) is 202 cm³/mol. The van der Waals surface area contributed by atoms with Gasteiger partial charge < -0.3 is 20.5 Å². The average molecular weight is 724 g/mol. The molecule has 49 heavy (non-hydrogen) atoms. The lowest BCUT2D eigenvalue weighted by molar-refractivity contribution is -0.127. The van der Waals surface area contributed by atoms with Gasteiger partial charge in [0.25, 0.3) is 0 Å². The van der Waals surface area contributed by atoms with Crippen LogP contribution in [0.4, 0.5) is 0 Å². The molecule has 7 nitrogen and oxygen atoms in total. The molecule has 0 aromatic heterocycles. The fraction of sp³-hybridized carbons (Fsp3) is 0.333. The minimum absolute atomic E-state index is 0. The summed E-state index contributed by atoms with van der Waals surface area (Å²) in [6, 6.07) is 29.7. The van der Waals surface area contributed by atoms with Crippen molar-refractivity contribution in [1.82, 2.24) is 10.2 Å². The molecule has 1 amide bonds. The molecular formula is C39H45Cl3N4O3. The molecule has 1 atom stereocenters. The third kappa shape index (κ3) is 10.9. The van der Waals surface area contributed by atoms with Crippen LogP contribution in [0.2, 0.25) is 5.02 Å². The number of amides is 1. The largest absolute Gasteiger partial charge is 0.488 e. The van der Waals surface area contributed by atoms with Crippen molar-refractivity contribution in [3.63, 3.8) is 0 Å². The lowest BCUT2D eigenvalue weighted by atomic mass is 9.97. The van der Waals surface area contributed by atoms with Crippen LogP contribution in [-0.4, -0.2) is 36.5 Å². The number of carbonyl (C=O) groups excluding carboxylic acids is 1. The number of likely N-dealkylation sites (tertiary alicyclic amines) is 1. The molecule has 0 spiro atoms. The van der Waals surface area contributed by atoms with E-state index >= 15 is 0 Å². The van der Waals surface area contributed by atoms with E-state index in [1.807, 2.05) is 54.6 Å². The van der Waals surface area contributed by atoms with Gasteiger partial charge in [-0.15, -0.1) is 24.8 Å². The van der Waals surface area contributed by atoms with Gasteiger partial charge in [0.15, 0.2) is 0 Å². The zero-order chi connectivity index (χ0) is 33.0. The molecule has 0 saturated carbocycles. The van der Waals surface area contributed by atoms with Crippen LogP contribution in [0.1, 0.15) is 59.9 Å². The van der Waals surface area contributed by atoms with Crippen molar-refractivity contribution >= 4 is 42.3 Å². The number of rotatable bonds is 14. The first-order valence-corrected chi connectivity index (χ1v) is 16.8. The molecule has 0 radical (unpaired) electrons. The summed E-state index contributed by atoms with van der Waals surface area (Å²) in [7, 11) is 0. The van der Waals surface area contributed by atoms with Gasteiger partial charge in [0.1, 0.15) is 24.7 Å². The Morgan fingerprint density at radius 2 is 1.71 bits per heavy atom. The third-order valence-electron chi connectivity index (χ3n) is 8.70. The summed E-state index contributed by atoms with van der Waals surface area (Å²) in [5.74, 6) is 1.21. The number of nitrogens with one attached hydrogen (secondary N) is 1. The molecule has 1 heterocycles. The van der Waals surface area contributed by atoms with Crippen LogP contribution in [0, 0.1) is 18.3 Å². The van der Waals surface area contributed by atoms with Crippen molar-refractivity contribution in [3.8, 4) is 28.7 Å². The van der Waals surface area contributed by atoms with E-state index in [0.29, 0.717) is 48.3 Å². The van der Waals surface area contributed by atoms with E-state index in [4.69, 9.17) is 26.8 Å². The van der Waals surface area contributed by atoms with Crippen LogP contribution in [0.3, 0.4) is 0 Å². The van der Waals surface area contributed by atoms with Gasteiger partial charge in [0, 0.05) is 24.7 Å². The van der Waals surface area contributed by atoms with E-state index in [-0.39, 0.29) is 43.4 Å². The number of ether oxygens (including phenoxy) is 2. The van der Waals surface area contributed by atoms with Gasteiger partial charge in [-0.3, -0.25) is 9.69 Å². The molecule has 4 aromatic rings. The van der Waals surface area contributed by atoms with Crippen LogP contribution < -0.4 is 20.5 Å². The number of piperidine rings is 1. The minimum Gasteiger partial charge on any atom is -0.488 e. The van der Waals surface area contributed by atoms with Crippen molar-refractivity contribution in [1.29, 1.82) is 5.26 Å². The fourth-order valence-electron chi connectivity index (χ4n) is 6.06. The topological polar surface area (TPSA) is 101 Å². The number of benzene rings is 4. The quantitative estimate of drug-likeness (QED) is 0.127. The minimum atomic E-state index is -0.226. The van der Waals surface area contributed by atoms with Crippen molar-refractivity contribution in [2.24, 2.45) is 5.73 Å². The van der Waals surface area contributed by atoms with Gasteiger partial charge in [-0.2, -0.15) is 5.26 Å². The number of nitrogens with zero attached hydrogens (tertiary/aromatic N) is 2. The SMILES string of the molecule is Cc1c(COc2cc(OCc3cccc(C#N)c3)c(CN3CCCCC3C(=O)NCCCCN)cc2Cl)cccc1-c1ccccc1.Cl.Cl. The summed E-state index contributed by atoms with van der Waals surface area (Å²) in [5.41, 5.74) is 12.5. The van der Waals surface area contributed by atoms with E-state index in [1.165, 1.54) is 0 Å². The summed E-state index contributed by atoms with van der Waals surface area (Å²) in [4.78, 5) is 15.4. The Labute approximate surface area is 307 Å². The van der Waals surface area contributed by atoms with Gasteiger partial charge in [-0.05, 0) is 91.7 Å². The Morgan fingerprint density at radius 3 is 2.49 bits per heavy atom. The molecule has 3 N–H and O–H groups in total. The van der Waals surface area contributed by atoms with Crippen LogP contribution in [0.25, 0.3) is 11.1 Å². The lowest BCUT2D eigenvalue weighted by Crippen LogP contribution is -2.49. The van der Waals surface area contributed by atoms with Gasteiger partial charge >= 0.3 is 0 Å².